The first kappa shape index (κ1) is 16.9. The molecule has 0 spiro atoms. The predicted octanol–water partition coefficient (Wildman–Crippen LogP) is -2.28. The summed E-state index contributed by atoms with van der Waals surface area (Å²) in [5.41, 5.74) is 5.73. The molecule has 0 aromatic rings. The number of hydrogen-bond acceptors (Lipinski definition) is 6. The number of hydrogen-bond donors (Lipinski definition) is 2. The number of carbonyl (C=O) groups excluding carboxylic acids is 2. The van der Waals surface area contributed by atoms with Crippen LogP contribution >= 0.6 is 0 Å². The highest BCUT2D eigenvalue weighted by atomic mass is 32.2. The second kappa shape index (κ2) is 7.00. The van der Waals surface area contributed by atoms with E-state index in [0.717, 1.165) is 6.26 Å². The molecule has 0 aliphatic carbocycles. The van der Waals surface area contributed by atoms with Crippen molar-refractivity contribution in [2.24, 2.45) is 5.73 Å². The Hall–Kier alpha value is -1.19. The smallest absolute Gasteiger partial charge is 0.244 e. The summed E-state index contributed by atoms with van der Waals surface area (Å²) >= 11 is 0. The number of morpholine rings is 1. The summed E-state index contributed by atoms with van der Waals surface area (Å²) in [5.74, 6) is -0.909. The fourth-order valence-electron chi connectivity index (χ4n) is 1.93. The van der Waals surface area contributed by atoms with Gasteiger partial charge in [-0.15, -0.1) is 0 Å². The minimum atomic E-state index is -3.17. The van der Waals surface area contributed by atoms with Gasteiger partial charge in [0.25, 0.3) is 0 Å². The van der Waals surface area contributed by atoms with Gasteiger partial charge in [0.2, 0.25) is 11.8 Å². The van der Waals surface area contributed by atoms with Crippen LogP contribution in [-0.2, 0) is 24.2 Å². The molecule has 2 unspecified atom stereocenters. The molecule has 0 bridgehead atoms. The van der Waals surface area contributed by atoms with E-state index in [2.05, 4.69) is 5.32 Å². The van der Waals surface area contributed by atoms with Crippen LogP contribution in [0.1, 0.15) is 6.42 Å². The van der Waals surface area contributed by atoms with Crippen LogP contribution in [0.4, 0.5) is 0 Å². The molecule has 1 saturated heterocycles. The van der Waals surface area contributed by atoms with E-state index < -0.39 is 27.8 Å². The molecule has 1 aliphatic heterocycles. The standard InChI is InChI=1S/C11H21N3O5S/c1-13-10(15)9-7-19-5-4-14(9)11(16)8(12)3-6-20(2,17)18/h8-9H,3-7,12H2,1-2H3,(H,13,15). The molecule has 0 aromatic carbocycles. The third kappa shape index (κ3) is 4.73. The first-order chi connectivity index (χ1) is 9.26. The minimum absolute atomic E-state index is 0.0372. The van der Waals surface area contributed by atoms with Crippen LogP contribution in [0.5, 0.6) is 0 Å². The maximum absolute atomic E-state index is 12.2. The zero-order chi connectivity index (χ0) is 15.3. The molecule has 2 atom stereocenters. The van der Waals surface area contributed by atoms with Crippen molar-refractivity contribution in [3.63, 3.8) is 0 Å². The molecule has 0 saturated carbocycles. The van der Waals surface area contributed by atoms with E-state index in [1.165, 1.54) is 11.9 Å². The van der Waals surface area contributed by atoms with Crippen molar-refractivity contribution in [3.05, 3.63) is 0 Å². The third-order valence-corrected chi connectivity index (χ3v) is 4.05. The second-order valence-electron chi connectivity index (χ2n) is 4.76. The first-order valence-electron chi connectivity index (χ1n) is 6.29. The second-order valence-corrected chi connectivity index (χ2v) is 7.02. The van der Waals surface area contributed by atoms with Crippen LogP contribution in [0, 0.1) is 0 Å². The monoisotopic (exact) mass is 307 g/mol. The molecule has 9 heteroatoms. The van der Waals surface area contributed by atoms with Crippen LogP contribution in [-0.4, -0.2) is 76.0 Å². The summed E-state index contributed by atoms with van der Waals surface area (Å²) in [5, 5.41) is 2.47. The Morgan fingerprint density at radius 2 is 2.15 bits per heavy atom. The van der Waals surface area contributed by atoms with Gasteiger partial charge in [-0.05, 0) is 6.42 Å². The number of nitrogens with one attached hydrogen (secondary N) is 1. The van der Waals surface area contributed by atoms with Crippen molar-refractivity contribution < 1.29 is 22.7 Å². The van der Waals surface area contributed by atoms with E-state index in [4.69, 9.17) is 10.5 Å². The first-order valence-corrected chi connectivity index (χ1v) is 8.35. The van der Waals surface area contributed by atoms with Crippen molar-refractivity contribution >= 4 is 21.7 Å². The highest BCUT2D eigenvalue weighted by Crippen LogP contribution is 2.10. The zero-order valence-corrected chi connectivity index (χ0v) is 12.5. The lowest BCUT2D eigenvalue weighted by Crippen LogP contribution is -2.59. The van der Waals surface area contributed by atoms with Crippen LogP contribution in [0.2, 0.25) is 0 Å². The summed E-state index contributed by atoms with van der Waals surface area (Å²) in [7, 11) is -1.70. The van der Waals surface area contributed by atoms with Crippen LogP contribution in [0.15, 0.2) is 0 Å². The molecule has 2 amide bonds. The Labute approximate surface area is 118 Å². The fourth-order valence-corrected chi connectivity index (χ4v) is 2.61. The van der Waals surface area contributed by atoms with Crippen molar-refractivity contribution in [3.8, 4) is 0 Å². The average molecular weight is 307 g/mol. The number of amides is 2. The number of carbonyl (C=O) groups is 2. The Bertz CT molecular complexity index is 465. The van der Waals surface area contributed by atoms with Gasteiger partial charge in [0.1, 0.15) is 15.9 Å². The highest BCUT2D eigenvalue weighted by molar-refractivity contribution is 7.90. The Morgan fingerprint density at radius 3 is 2.70 bits per heavy atom. The van der Waals surface area contributed by atoms with Gasteiger partial charge in [-0.2, -0.15) is 0 Å². The number of nitrogens with two attached hydrogens (primary N) is 1. The molecule has 1 fully saturated rings. The normalized spacial score (nSPS) is 21.4. The topological polar surface area (TPSA) is 119 Å². The quantitative estimate of drug-likeness (QED) is 0.591. The molecule has 1 rings (SSSR count). The van der Waals surface area contributed by atoms with E-state index in [1.807, 2.05) is 0 Å². The number of nitrogens with zero attached hydrogens (tertiary/aromatic N) is 1. The zero-order valence-electron chi connectivity index (χ0n) is 11.7. The summed E-state index contributed by atoms with van der Waals surface area (Å²) in [6.07, 6.45) is 1.13. The predicted molar refractivity (Wildman–Crippen MR) is 72.7 cm³/mol. The molecule has 0 aromatic heterocycles. The summed E-state index contributed by atoms with van der Waals surface area (Å²) in [6, 6.07) is -1.65. The third-order valence-electron chi connectivity index (χ3n) is 3.08. The van der Waals surface area contributed by atoms with Gasteiger partial charge in [0, 0.05) is 19.8 Å². The van der Waals surface area contributed by atoms with Gasteiger partial charge in [0.05, 0.1) is 25.0 Å². The molecule has 3 N–H and O–H groups in total. The lowest BCUT2D eigenvalue weighted by molar-refractivity contribution is -0.149. The Balaban J connectivity index is 2.69. The summed E-state index contributed by atoms with van der Waals surface area (Å²) in [4.78, 5) is 25.3. The number of rotatable bonds is 5. The van der Waals surface area contributed by atoms with Gasteiger partial charge < -0.3 is 20.7 Å². The molecule has 20 heavy (non-hydrogen) atoms. The minimum Gasteiger partial charge on any atom is -0.377 e. The van der Waals surface area contributed by atoms with Crippen molar-refractivity contribution in [2.45, 2.75) is 18.5 Å². The fraction of sp³-hybridized carbons (Fsp3) is 0.818. The number of ether oxygens (including phenoxy) is 1. The lowest BCUT2D eigenvalue weighted by Gasteiger charge is -2.35. The van der Waals surface area contributed by atoms with Gasteiger partial charge in [0.15, 0.2) is 0 Å². The van der Waals surface area contributed by atoms with Crippen LogP contribution in [0.25, 0.3) is 0 Å². The SMILES string of the molecule is CNC(=O)C1COCCN1C(=O)C(N)CCS(C)(=O)=O. The van der Waals surface area contributed by atoms with Crippen molar-refractivity contribution in [2.75, 3.05) is 38.8 Å². The molecule has 1 aliphatic rings. The number of sulfone groups is 1. The van der Waals surface area contributed by atoms with Crippen molar-refractivity contribution in [1.29, 1.82) is 0 Å². The number of likely N-dealkylation sites (N-methyl/N-ethyl adjacent to an activating group) is 1. The molecule has 0 radical (unpaired) electrons. The van der Waals surface area contributed by atoms with E-state index in [0.29, 0.717) is 6.61 Å². The maximum Gasteiger partial charge on any atom is 0.244 e. The van der Waals surface area contributed by atoms with Crippen molar-refractivity contribution in [1.82, 2.24) is 10.2 Å². The summed E-state index contributed by atoms with van der Waals surface area (Å²) < 4.78 is 27.4. The van der Waals surface area contributed by atoms with E-state index >= 15 is 0 Å². The van der Waals surface area contributed by atoms with Gasteiger partial charge in [-0.3, -0.25) is 9.59 Å². The molecular formula is C11H21N3O5S. The van der Waals surface area contributed by atoms with E-state index in [1.54, 1.807) is 0 Å². The lowest BCUT2D eigenvalue weighted by atomic mass is 10.1. The molecule has 8 nitrogen and oxygen atoms in total. The van der Waals surface area contributed by atoms with E-state index in [9.17, 15) is 18.0 Å². The van der Waals surface area contributed by atoms with Gasteiger partial charge >= 0.3 is 0 Å². The maximum atomic E-state index is 12.2. The average Bonchev–Trinajstić information content (AvgIpc) is 2.42. The molecule has 1 heterocycles. The summed E-state index contributed by atoms with van der Waals surface area (Å²) in [6.45, 7) is 0.714. The van der Waals surface area contributed by atoms with E-state index in [-0.39, 0.29) is 31.2 Å². The van der Waals surface area contributed by atoms with Crippen LogP contribution < -0.4 is 11.1 Å². The van der Waals surface area contributed by atoms with Gasteiger partial charge in [-0.25, -0.2) is 8.42 Å². The van der Waals surface area contributed by atoms with Gasteiger partial charge in [-0.1, -0.05) is 0 Å². The highest BCUT2D eigenvalue weighted by Gasteiger charge is 2.34. The Kier molecular flexibility index (Phi) is 5.90. The molecular weight excluding hydrogens is 286 g/mol. The largest absolute Gasteiger partial charge is 0.377 e. The Morgan fingerprint density at radius 1 is 1.50 bits per heavy atom. The molecule has 116 valence electrons. The van der Waals surface area contributed by atoms with Crippen LogP contribution in [0.3, 0.4) is 0 Å².